The van der Waals surface area contributed by atoms with E-state index < -0.39 is 0 Å². The molecule has 0 fully saturated rings. The largest absolute Gasteiger partial charge is 0.483 e. The highest BCUT2D eigenvalue weighted by molar-refractivity contribution is 9.11. The summed E-state index contributed by atoms with van der Waals surface area (Å²) in [5.74, 6) is 0.430. The molecule has 0 aliphatic carbocycles. The predicted molar refractivity (Wildman–Crippen MR) is 89.2 cm³/mol. The van der Waals surface area contributed by atoms with E-state index in [0.717, 1.165) is 25.5 Å². The summed E-state index contributed by atoms with van der Waals surface area (Å²) in [6.45, 7) is 3.87. The molecule has 1 N–H and O–H groups in total. The van der Waals surface area contributed by atoms with Gasteiger partial charge in [-0.3, -0.25) is 4.79 Å². The van der Waals surface area contributed by atoms with Crippen molar-refractivity contribution in [3.8, 4) is 5.75 Å². The summed E-state index contributed by atoms with van der Waals surface area (Å²) in [6, 6.07) is 9.73. The van der Waals surface area contributed by atoms with Crippen molar-refractivity contribution in [3.63, 3.8) is 0 Å². The molecule has 0 radical (unpaired) electrons. The fourth-order valence-electron chi connectivity index (χ4n) is 1.60. The van der Waals surface area contributed by atoms with Gasteiger partial charge in [-0.15, -0.1) is 11.3 Å². The van der Waals surface area contributed by atoms with Gasteiger partial charge in [-0.2, -0.15) is 5.10 Å². The van der Waals surface area contributed by atoms with Crippen LogP contribution in [-0.2, 0) is 4.79 Å². The van der Waals surface area contributed by atoms with Crippen molar-refractivity contribution in [1.29, 1.82) is 0 Å². The summed E-state index contributed by atoms with van der Waals surface area (Å²) in [5, 5.41) is 3.89. The third-order valence-electron chi connectivity index (χ3n) is 2.68. The normalized spacial score (nSPS) is 10.8. The molecular weight excluding hydrogens is 352 g/mol. The van der Waals surface area contributed by atoms with Crippen molar-refractivity contribution in [2.24, 2.45) is 5.10 Å². The molecule has 4 nitrogen and oxygen atoms in total. The van der Waals surface area contributed by atoms with E-state index in [2.05, 4.69) is 26.5 Å². The Balaban J connectivity index is 1.82. The number of nitrogens with one attached hydrogen (secondary N) is 1. The fourth-order valence-corrected chi connectivity index (χ4v) is 2.90. The third-order valence-corrected chi connectivity index (χ3v) is 4.24. The van der Waals surface area contributed by atoms with E-state index in [4.69, 9.17) is 4.74 Å². The first-order valence-corrected chi connectivity index (χ1v) is 7.93. The van der Waals surface area contributed by atoms with E-state index in [1.165, 1.54) is 11.3 Å². The maximum Gasteiger partial charge on any atom is 0.277 e. The summed E-state index contributed by atoms with van der Waals surface area (Å²) in [7, 11) is 0. The van der Waals surface area contributed by atoms with Gasteiger partial charge in [-0.05, 0) is 59.1 Å². The van der Waals surface area contributed by atoms with Crippen LogP contribution in [0.2, 0.25) is 0 Å². The van der Waals surface area contributed by atoms with Crippen molar-refractivity contribution in [1.82, 2.24) is 5.43 Å². The average Bonchev–Trinajstić information content (AvgIpc) is 2.85. The van der Waals surface area contributed by atoms with Gasteiger partial charge in [0.05, 0.1) is 10.0 Å². The van der Waals surface area contributed by atoms with E-state index in [-0.39, 0.29) is 12.5 Å². The Morgan fingerprint density at radius 2 is 2.19 bits per heavy atom. The van der Waals surface area contributed by atoms with Gasteiger partial charge in [0.25, 0.3) is 5.91 Å². The number of thiophene rings is 1. The Bertz CT molecular complexity index is 667. The second-order valence-corrected chi connectivity index (χ2v) is 6.99. The quantitative estimate of drug-likeness (QED) is 0.648. The van der Waals surface area contributed by atoms with Crippen LogP contribution in [0.5, 0.6) is 5.75 Å². The molecule has 2 rings (SSSR count). The van der Waals surface area contributed by atoms with E-state index in [1.807, 2.05) is 44.2 Å². The first-order valence-electron chi connectivity index (χ1n) is 6.32. The summed E-state index contributed by atoms with van der Waals surface area (Å²) in [6.07, 6.45) is 1.60. The number of rotatable bonds is 5. The summed E-state index contributed by atoms with van der Waals surface area (Å²) in [5.41, 5.74) is 4.54. The number of halogens is 1. The molecule has 1 aromatic heterocycles. The molecule has 0 spiro atoms. The maximum atomic E-state index is 11.7. The molecule has 1 aromatic carbocycles. The van der Waals surface area contributed by atoms with E-state index >= 15 is 0 Å². The van der Waals surface area contributed by atoms with Crippen molar-refractivity contribution in [2.45, 2.75) is 13.8 Å². The lowest BCUT2D eigenvalue weighted by Crippen LogP contribution is -2.24. The average molecular weight is 367 g/mol. The van der Waals surface area contributed by atoms with Gasteiger partial charge in [0, 0.05) is 4.88 Å². The number of carbonyl (C=O) groups is 1. The molecule has 0 unspecified atom stereocenters. The number of hydrazone groups is 1. The summed E-state index contributed by atoms with van der Waals surface area (Å²) >= 11 is 4.90. The highest BCUT2D eigenvalue weighted by Gasteiger charge is 2.04. The lowest BCUT2D eigenvalue weighted by atomic mass is 10.1. The number of aryl methyl sites for hydroxylation is 2. The molecule has 1 heterocycles. The molecule has 0 saturated carbocycles. The topological polar surface area (TPSA) is 50.7 Å². The molecule has 6 heteroatoms. The van der Waals surface area contributed by atoms with Crippen LogP contribution in [0.4, 0.5) is 0 Å². The highest BCUT2D eigenvalue weighted by Crippen LogP contribution is 2.20. The minimum absolute atomic E-state index is 0.0598. The SMILES string of the molecule is Cc1ccc(C)c(OCC(=O)N/N=C\c2ccc(Br)s2)c1. The van der Waals surface area contributed by atoms with E-state index in [1.54, 1.807) is 6.21 Å². The molecule has 21 heavy (non-hydrogen) atoms. The Morgan fingerprint density at radius 1 is 1.38 bits per heavy atom. The lowest BCUT2D eigenvalue weighted by Gasteiger charge is -2.08. The standard InChI is InChI=1S/C15H15BrN2O2S/c1-10-3-4-11(2)13(7-10)20-9-15(19)18-17-8-12-5-6-14(16)21-12/h3-8H,9H2,1-2H3,(H,18,19)/b17-8-. The Labute approximate surface area is 136 Å². The van der Waals surface area contributed by atoms with Crippen LogP contribution in [-0.4, -0.2) is 18.7 Å². The van der Waals surface area contributed by atoms with Gasteiger partial charge >= 0.3 is 0 Å². The third kappa shape index (κ3) is 4.99. The number of hydrogen-bond donors (Lipinski definition) is 1. The maximum absolute atomic E-state index is 11.7. The number of nitrogens with zero attached hydrogens (tertiary/aromatic N) is 1. The summed E-state index contributed by atoms with van der Waals surface area (Å²) < 4.78 is 6.52. The van der Waals surface area contributed by atoms with Crippen molar-refractivity contribution < 1.29 is 9.53 Å². The molecule has 1 amide bonds. The lowest BCUT2D eigenvalue weighted by molar-refractivity contribution is -0.123. The van der Waals surface area contributed by atoms with E-state index in [0.29, 0.717) is 0 Å². The van der Waals surface area contributed by atoms with Crippen molar-refractivity contribution >= 4 is 39.4 Å². The highest BCUT2D eigenvalue weighted by atomic mass is 79.9. The second-order valence-electron chi connectivity index (χ2n) is 4.49. The van der Waals surface area contributed by atoms with Crippen molar-refractivity contribution in [3.05, 3.63) is 50.1 Å². The van der Waals surface area contributed by atoms with Crippen LogP contribution in [0.1, 0.15) is 16.0 Å². The Kier molecular flexibility index (Phi) is 5.52. The van der Waals surface area contributed by atoms with Crippen LogP contribution in [0.15, 0.2) is 39.2 Å². The van der Waals surface area contributed by atoms with Crippen LogP contribution in [0.25, 0.3) is 0 Å². The Hall–Kier alpha value is -1.66. The number of hydrogen-bond acceptors (Lipinski definition) is 4. The van der Waals surface area contributed by atoms with E-state index in [9.17, 15) is 4.79 Å². The molecule has 0 bridgehead atoms. The zero-order valence-corrected chi connectivity index (χ0v) is 14.1. The fraction of sp³-hybridized carbons (Fsp3) is 0.200. The van der Waals surface area contributed by atoms with Gasteiger partial charge in [-0.25, -0.2) is 5.43 Å². The van der Waals surface area contributed by atoms with Gasteiger partial charge in [-0.1, -0.05) is 12.1 Å². The molecule has 0 aliphatic rings. The molecule has 0 aliphatic heterocycles. The Morgan fingerprint density at radius 3 is 2.90 bits per heavy atom. The van der Waals surface area contributed by atoms with Gasteiger partial charge in [0.2, 0.25) is 0 Å². The zero-order chi connectivity index (χ0) is 15.2. The first-order chi connectivity index (χ1) is 10.0. The van der Waals surface area contributed by atoms with Crippen molar-refractivity contribution in [2.75, 3.05) is 6.61 Å². The molecule has 0 atom stereocenters. The number of ether oxygens (including phenoxy) is 1. The van der Waals surface area contributed by atoms with Crippen LogP contribution in [0, 0.1) is 13.8 Å². The van der Waals surface area contributed by atoms with Gasteiger partial charge in [0.1, 0.15) is 5.75 Å². The molecular formula is C15H15BrN2O2S. The molecule has 2 aromatic rings. The first kappa shape index (κ1) is 15.7. The summed E-state index contributed by atoms with van der Waals surface area (Å²) in [4.78, 5) is 12.6. The smallest absolute Gasteiger partial charge is 0.277 e. The predicted octanol–water partition coefficient (Wildman–Crippen LogP) is 3.66. The minimum Gasteiger partial charge on any atom is -0.483 e. The van der Waals surface area contributed by atoms with Crippen LogP contribution >= 0.6 is 27.3 Å². The molecule has 110 valence electrons. The minimum atomic E-state index is -0.289. The van der Waals surface area contributed by atoms with Gasteiger partial charge in [0.15, 0.2) is 6.61 Å². The number of amides is 1. The second kappa shape index (κ2) is 7.38. The van der Waals surface area contributed by atoms with Crippen LogP contribution in [0.3, 0.4) is 0 Å². The zero-order valence-electron chi connectivity index (χ0n) is 11.7. The van der Waals surface area contributed by atoms with Gasteiger partial charge < -0.3 is 4.74 Å². The molecule has 0 saturated heterocycles. The monoisotopic (exact) mass is 366 g/mol. The van der Waals surface area contributed by atoms with Crippen LogP contribution < -0.4 is 10.2 Å². The number of carbonyl (C=O) groups excluding carboxylic acids is 1. The number of benzene rings is 1.